The maximum absolute atomic E-state index is 4.41. The van der Waals surface area contributed by atoms with Gasteiger partial charge in [0.2, 0.25) is 0 Å². The standard InChI is InChI=1S/C18H25N3/c1-4-19-15(3)16-9-11-18(12-10-16)21(5-2)14-17-8-6-7-13-20-17/h6-13,15,19H,4-5,14H2,1-3H3. The lowest BCUT2D eigenvalue weighted by Crippen LogP contribution is -2.23. The Morgan fingerprint density at radius 2 is 1.86 bits per heavy atom. The van der Waals surface area contributed by atoms with Gasteiger partial charge in [0, 0.05) is 24.5 Å². The highest BCUT2D eigenvalue weighted by Crippen LogP contribution is 2.20. The van der Waals surface area contributed by atoms with Crippen LogP contribution < -0.4 is 10.2 Å². The molecule has 0 aliphatic carbocycles. The summed E-state index contributed by atoms with van der Waals surface area (Å²) in [5, 5.41) is 3.44. The van der Waals surface area contributed by atoms with E-state index in [4.69, 9.17) is 0 Å². The van der Waals surface area contributed by atoms with Crippen molar-refractivity contribution in [2.75, 3.05) is 18.0 Å². The monoisotopic (exact) mass is 283 g/mol. The predicted molar refractivity (Wildman–Crippen MR) is 89.5 cm³/mol. The second kappa shape index (κ2) is 7.79. The highest BCUT2D eigenvalue weighted by Gasteiger charge is 2.08. The van der Waals surface area contributed by atoms with Gasteiger partial charge < -0.3 is 10.2 Å². The molecule has 1 unspecified atom stereocenters. The largest absolute Gasteiger partial charge is 0.366 e. The van der Waals surface area contributed by atoms with Crippen LogP contribution in [0.1, 0.15) is 38.1 Å². The summed E-state index contributed by atoms with van der Waals surface area (Å²) in [5.74, 6) is 0. The van der Waals surface area contributed by atoms with E-state index >= 15 is 0 Å². The first-order chi connectivity index (χ1) is 10.2. The van der Waals surface area contributed by atoms with E-state index in [0.29, 0.717) is 6.04 Å². The SMILES string of the molecule is CCNC(C)c1ccc(N(CC)Cc2ccccn2)cc1. The molecule has 1 aromatic heterocycles. The molecule has 3 heteroatoms. The van der Waals surface area contributed by atoms with Gasteiger partial charge in [-0.15, -0.1) is 0 Å². The molecule has 112 valence electrons. The van der Waals surface area contributed by atoms with Gasteiger partial charge in [0.1, 0.15) is 0 Å². The summed E-state index contributed by atoms with van der Waals surface area (Å²) in [7, 11) is 0. The summed E-state index contributed by atoms with van der Waals surface area (Å²) in [5.41, 5.74) is 3.68. The Hall–Kier alpha value is -1.87. The number of hydrogen-bond donors (Lipinski definition) is 1. The molecule has 0 fully saturated rings. The lowest BCUT2D eigenvalue weighted by Gasteiger charge is -2.23. The number of nitrogens with one attached hydrogen (secondary N) is 1. The lowest BCUT2D eigenvalue weighted by molar-refractivity contribution is 0.598. The molecule has 0 saturated heterocycles. The molecule has 2 rings (SSSR count). The lowest BCUT2D eigenvalue weighted by atomic mass is 10.1. The maximum atomic E-state index is 4.41. The van der Waals surface area contributed by atoms with E-state index in [1.807, 2.05) is 18.3 Å². The highest BCUT2D eigenvalue weighted by molar-refractivity contribution is 5.48. The Kier molecular flexibility index (Phi) is 5.76. The third-order valence-electron chi connectivity index (χ3n) is 3.73. The summed E-state index contributed by atoms with van der Waals surface area (Å²) in [6.45, 7) is 9.32. The van der Waals surface area contributed by atoms with Crippen LogP contribution in [-0.2, 0) is 6.54 Å². The van der Waals surface area contributed by atoms with Gasteiger partial charge in [-0.05, 0) is 50.2 Å². The third kappa shape index (κ3) is 4.30. The molecule has 0 aliphatic heterocycles. The van der Waals surface area contributed by atoms with E-state index < -0.39 is 0 Å². The average Bonchev–Trinajstić information content (AvgIpc) is 2.54. The van der Waals surface area contributed by atoms with Crippen molar-refractivity contribution in [1.29, 1.82) is 0 Å². The van der Waals surface area contributed by atoms with Gasteiger partial charge >= 0.3 is 0 Å². The molecule has 1 aromatic carbocycles. The molecule has 21 heavy (non-hydrogen) atoms. The van der Waals surface area contributed by atoms with Crippen LogP contribution in [-0.4, -0.2) is 18.1 Å². The zero-order valence-corrected chi connectivity index (χ0v) is 13.2. The fourth-order valence-corrected chi connectivity index (χ4v) is 2.47. The van der Waals surface area contributed by atoms with Crippen LogP contribution in [0.3, 0.4) is 0 Å². The number of hydrogen-bond acceptors (Lipinski definition) is 3. The van der Waals surface area contributed by atoms with Crippen LogP contribution in [0.15, 0.2) is 48.7 Å². The number of anilines is 1. The molecule has 0 spiro atoms. The van der Waals surface area contributed by atoms with Crippen molar-refractivity contribution in [2.24, 2.45) is 0 Å². The minimum absolute atomic E-state index is 0.398. The Morgan fingerprint density at radius 1 is 1.10 bits per heavy atom. The normalized spacial score (nSPS) is 12.1. The fraction of sp³-hybridized carbons (Fsp3) is 0.389. The summed E-state index contributed by atoms with van der Waals surface area (Å²) in [6.07, 6.45) is 1.85. The van der Waals surface area contributed by atoms with Gasteiger partial charge in [-0.1, -0.05) is 25.1 Å². The van der Waals surface area contributed by atoms with Crippen molar-refractivity contribution in [3.8, 4) is 0 Å². The Morgan fingerprint density at radius 3 is 2.43 bits per heavy atom. The second-order valence-corrected chi connectivity index (χ2v) is 5.21. The zero-order valence-electron chi connectivity index (χ0n) is 13.2. The van der Waals surface area contributed by atoms with Gasteiger partial charge in [0.05, 0.1) is 12.2 Å². The first kappa shape index (κ1) is 15.5. The van der Waals surface area contributed by atoms with E-state index in [1.54, 1.807) is 0 Å². The van der Waals surface area contributed by atoms with Gasteiger partial charge in [-0.25, -0.2) is 0 Å². The second-order valence-electron chi connectivity index (χ2n) is 5.21. The van der Waals surface area contributed by atoms with E-state index in [0.717, 1.165) is 25.3 Å². The maximum Gasteiger partial charge on any atom is 0.0601 e. The number of benzene rings is 1. The molecule has 0 bridgehead atoms. The van der Waals surface area contributed by atoms with E-state index in [2.05, 4.69) is 66.3 Å². The first-order valence-corrected chi connectivity index (χ1v) is 7.72. The minimum Gasteiger partial charge on any atom is -0.366 e. The van der Waals surface area contributed by atoms with Crippen molar-refractivity contribution in [3.63, 3.8) is 0 Å². The highest BCUT2D eigenvalue weighted by atomic mass is 15.1. The van der Waals surface area contributed by atoms with Gasteiger partial charge in [-0.3, -0.25) is 4.98 Å². The van der Waals surface area contributed by atoms with Crippen LogP contribution in [0.25, 0.3) is 0 Å². The van der Waals surface area contributed by atoms with Crippen LogP contribution in [0.4, 0.5) is 5.69 Å². The molecule has 1 N–H and O–H groups in total. The van der Waals surface area contributed by atoms with Crippen LogP contribution in [0, 0.1) is 0 Å². The smallest absolute Gasteiger partial charge is 0.0601 e. The van der Waals surface area contributed by atoms with Gasteiger partial charge in [-0.2, -0.15) is 0 Å². The molecule has 0 amide bonds. The van der Waals surface area contributed by atoms with E-state index in [9.17, 15) is 0 Å². The summed E-state index contributed by atoms with van der Waals surface area (Å²) < 4.78 is 0. The number of rotatable bonds is 7. The first-order valence-electron chi connectivity index (χ1n) is 7.72. The summed E-state index contributed by atoms with van der Waals surface area (Å²) in [6, 6.07) is 15.3. The van der Waals surface area contributed by atoms with Crippen LogP contribution >= 0.6 is 0 Å². The zero-order chi connectivity index (χ0) is 15.1. The van der Waals surface area contributed by atoms with Gasteiger partial charge in [0.15, 0.2) is 0 Å². The number of aromatic nitrogens is 1. The molecular weight excluding hydrogens is 258 g/mol. The predicted octanol–water partition coefficient (Wildman–Crippen LogP) is 3.78. The van der Waals surface area contributed by atoms with Crippen molar-refractivity contribution in [2.45, 2.75) is 33.4 Å². The molecule has 3 nitrogen and oxygen atoms in total. The van der Waals surface area contributed by atoms with E-state index in [1.165, 1.54) is 11.3 Å². The van der Waals surface area contributed by atoms with Crippen molar-refractivity contribution in [1.82, 2.24) is 10.3 Å². The molecular formula is C18H25N3. The van der Waals surface area contributed by atoms with E-state index in [-0.39, 0.29) is 0 Å². The summed E-state index contributed by atoms with van der Waals surface area (Å²) >= 11 is 0. The molecule has 0 saturated carbocycles. The van der Waals surface area contributed by atoms with Gasteiger partial charge in [0.25, 0.3) is 0 Å². The number of nitrogens with zero attached hydrogens (tertiary/aromatic N) is 2. The van der Waals surface area contributed by atoms with Crippen molar-refractivity contribution < 1.29 is 0 Å². The molecule has 0 aliphatic rings. The Bertz CT molecular complexity index is 522. The van der Waals surface area contributed by atoms with Crippen molar-refractivity contribution >= 4 is 5.69 Å². The quantitative estimate of drug-likeness (QED) is 0.838. The van der Waals surface area contributed by atoms with Crippen LogP contribution in [0.2, 0.25) is 0 Å². The molecule has 2 aromatic rings. The number of pyridine rings is 1. The van der Waals surface area contributed by atoms with Crippen molar-refractivity contribution in [3.05, 3.63) is 59.9 Å². The van der Waals surface area contributed by atoms with Crippen LogP contribution in [0.5, 0.6) is 0 Å². The molecule has 1 atom stereocenters. The third-order valence-corrected chi connectivity index (χ3v) is 3.73. The molecule has 0 radical (unpaired) electrons. The molecule has 1 heterocycles. The Balaban J connectivity index is 2.08. The average molecular weight is 283 g/mol. The fourth-order valence-electron chi connectivity index (χ4n) is 2.47. The summed E-state index contributed by atoms with van der Waals surface area (Å²) in [4.78, 5) is 6.75. The Labute approximate surface area is 128 Å². The minimum atomic E-state index is 0.398. The topological polar surface area (TPSA) is 28.2 Å².